The van der Waals surface area contributed by atoms with E-state index in [-0.39, 0.29) is 17.7 Å². The molecule has 32 heavy (non-hydrogen) atoms. The van der Waals surface area contributed by atoms with Gasteiger partial charge in [-0.1, -0.05) is 6.07 Å². The maximum Gasteiger partial charge on any atom is 0.255 e. The number of ether oxygens (including phenoxy) is 3. The first-order valence-corrected chi connectivity index (χ1v) is 13.1. The minimum atomic E-state index is -3.31. The smallest absolute Gasteiger partial charge is 0.255 e. The number of hydrogen-bond acceptors (Lipinski definition) is 7. The molecule has 1 atom stereocenters. The molecule has 2 fully saturated rings. The van der Waals surface area contributed by atoms with Gasteiger partial charge in [0.25, 0.3) is 5.91 Å². The van der Waals surface area contributed by atoms with Gasteiger partial charge in [-0.3, -0.25) is 4.79 Å². The zero-order chi connectivity index (χ0) is 22.4. The number of para-hydroxylation sites is 1. The van der Waals surface area contributed by atoms with Crippen molar-refractivity contribution in [1.82, 2.24) is 14.9 Å². The molecule has 3 aliphatic rings. The number of amides is 1. The van der Waals surface area contributed by atoms with E-state index >= 15 is 0 Å². The quantitative estimate of drug-likeness (QED) is 0.587. The molecule has 2 N–H and O–H groups in total. The van der Waals surface area contributed by atoms with Gasteiger partial charge in [0, 0.05) is 19.1 Å². The number of benzene rings is 1. The van der Waals surface area contributed by atoms with Gasteiger partial charge in [0.05, 0.1) is 24.5 Å². The Morgan fingerprint density at radius 3 is 2.66 bits per heavy atom. The molecule has 3 aliphatic heterocycles. The van der Waals surface area contributed by atoms with E-state index in [1.807, 2.05) is 0 Å². The number of fused-ring (bicyclic) bond motifs is 1. The summed E-state index contributed by atoms with van der Waals surface area (Å²) in [6, 6.07) is 5.23. The molecule has 178 valence electrons. The summed E-state index contributed by atoms with van der Waals surface area (Å²) in [6.45, 7) is 4.40. The van der Waals surface area contributed by atoms with E-state index in [4.69, 9.17) is 14.2 Å². The molecule has 0 radical (unpaired) electrons. The van der Waals surface area contributed by atoms with Gasteiger partial charge in [-0.05, 0) is 56.8 Å². The Bertz CT molecular complexity index is 882. The fraction of sp³-hybridized carbons (Fsp3) is 0.682. The molecule has 2 saturated heterocycles. The third kappa shape index (κ3) is 5.72. The number of piperidine rings is 1. The predicted octanol–water partition coefficient (Wildman–Crippen LogP) is 0.998. The first kappa shape index (κ1) is 23.3. The fourth-order valence-corrected chi connectivity index (χ4v) is 6.11. The molecule has 0 spiro atoms. The monoisotopic (exact) mass is 467 g/mol. The summed E-state index contributed by atoms with van der Waals surface area (Å²) >= 11 is 0. The average molecular weight is 468 g/mol. The highest BCUT2D eigenvalue weighted by Gasteiger charge is 2.29. The second-order valence-corrected chi connectivity index (χ2v) is 10.6. The van der Waals surface area contributed by atoms with Gasteiger partial charge in [-0.15, -0.1) is 0 Å². The van der Waals surface area contributed by atoms with Crippen LogP contribution in [0.4, 0.5) is 0 Å². The van der Waals surface area contributed by atoms with Gasteiger partial charge in [0.2, 0.25) is 10.0 Å². The predicted molar refractivity (Wildman–Crippen MR) is 120 cm³/mol. The molecule has 1 unspecified atom stereocenters. The lowest BCUT2D eigenvalue weighted by Crippen LogP contribution is -2.45. The van der Waals surface area contributed by atoms with Gasteiger partial charge in [-0.2, -0.15) is 4.31 Å². The van der Waals surface area contributed by atoms with E-state index in [0.29, 0.717) is 75.3 Å². The molecule has 3 heterocycles. The van der Waals surface area contributed by atoms with Crippen LogP contribution >= 0.6 is 0 Å². The molecular weight excluding hydrogens is 434 g/mol. The molecule has 9 nitrogen and oxygen atoms in total. The molecule has 10 heteroatoms. The Labute approximate surface area is 189 Å². The second kappa shape index (κ2) is 10.8. The third-order valence-electron chi connectivity index (χ3n) is 6.36. The van der Waals surface area contributed by atoms with Crippen LogP contribution in [-0.2, 0) is 14.8 Å². The minimum Gasteiger partial charge on any atom is -0.486 e. The number of rotatable bonds is 8. The van der Waals surface area contributed by atoms with Crippen LogP contribution in [0.5, 0.6) is 11.5 Å². The lowest BCUT2D eigenvalue weighted by Gasteiger charge is -2.32. The molecule has 0 aromatic heterocycles. The van der Waals surface area contributed by atoms with Crippen LogP contribution in [-0.4, -0.2) is 83.0 Å². The molecule has 1 aromatic carbocycles. The molecule has 0 saturated carbocycles. The van der Waals surface area contributed by atoms with E-state index in [9.17, 15) is 13.2 Å². The van der Waals surface area contributed by atoms with Crippen LogP contribution in [0.1, 0.15) is 36.0 Å². The summed E-state index contributed by atoms with van der Waals surface area (Å²) in [5.41, 5.74) is 0.460. The summed E-state index contributed by atoms with van der Waals surface area (Å²) in [4.78, 5) is 13.2. The van der Waals surface area contributed by atoms with Crippen molar-refractivity contribution < 1.29 is 27.4 Å². The summed E-state index contributed by atoms with van der Waals surface area (Å²) in [6.07, 6.45) is 3.02. The van der Waals surface area contributed by atoms with Crippen LogP contribution in [0.15, 0.2) is 18.2 Å². The van der Waals surface area contributed by atoms with E-state index in [2.05, 4.69) is 10.6 Å². The van der Waals surface area contributed by atoms with Gasteiger partial charge < -0.3 is 24.8 Å². The Morgan fingerprint density at radius 2 is 1.88 bits per heavy atom. The van der Waals surface area contributed by atoms with Gasteiger partial charge >= 0.3 is 0 Å². The SMILES string of the molecule is O=C(NC(CCCS(=O)(=O)N1CCOCC1)C1CCNCC1)c1cccc2c1OCCO2. The number of nitrogens with one attached hydrogen (secondary N) is 2. The zero-order valence-corrected chi connectivity index (χ0v) is 19.2. The van der Waals surface area contributed by atoms with Gasteiger partial charge in [-0.25, -0.2) is 8.42 Å². The number of carbonyl (C=O) groups excluding carboxylic acids is 1. The van der Waals surface area contributed by atoms with Crippen molar-refractivity contribution in [2.75, 3.05) is 58.4 Å². The Balaban J connectivity index is 1.41. The highest BCUT2D eigenvalue weighted by Crippen LogP contribution is 2.34. The number of morpholine rings is 1. The lowest BCUT2D eigenvalue weighted by molar-refractivity contribution is 0.0730. The van der Waals surface area contributed by atoms with Crippen molar-refractivity contribution in [3.05, 3.63) is 23.8 Å². The first-order valence-electron chi connectivity index (χ1n) is 11.5. The first-order chi connectivity index (χ1) is 15.5. The summed E-state index contributed by atoms with van der Waals surface area (Å²) in [7, 11) is -3.31. The van der Waals surface area contributed by atoms with Crippen LogP contribution in [0.2, 0.25) is 0 Å². The summed E-state index contributed by atoms with van der Waals surface area (Å²) in [5.74, 6) is 1.26. The van der Waals surface area contributed by atoms with Crippen LogP contribution in [0.25, 0.3) is 0 Å². The maximum atomic E-state index is 13.2. The number of carbonyl (C=O) groups is 1. The maximum absolute atomic E-state index is 13.2. The Kier molecular flexibility index (Phi) is 7.88. The van der Waals surface area contributed by atoms with Crippen molar-refractivity contribution in [3.63, 3.8) is 0 Å². The molecule has 0 aliphatic carbocycles. The normalized spacial score (nSPS) is 21.1. The van der Waals surface area contributed by atoms with Crippen LogP contribution < -0.4 is 20.1 Å². The fourth-order valence-electron chi connectivity index (χ4n) is 4.61. The number of nitrogens with zero attached hydrogens (tertiary/aromatic N) is 1. The molecule has 0 bridgehead atoms. The van der Waals surface area contributed by atoms with Crippen LogP contribution in [0, 0.1) is 5.92 Å². The summed E-state index contributed by atoms with van der Waals surface area (Å²) < 4.78 is 43.5. The largest absolute Gasteiger partial charge is 0.486 e. The van der Waals surface area contributed by atoms with E-state index in [0.717, 1.165) is 25.9 Å². The standard InChI is InChI=1S/C22H33N3O6S/c26-22(18-3-1-5-20-21(18)31-15-14-30-20)24-19(17-6-8-23-9-7-17)4-2-16-32(27,28)25-10-12-29-13-11-25/h1,3,5,17,19,23H,2,4,6-16H2,(H,24,26). The highest BCUT2D eigenvalue weighted by molar-refractivity contribution is 7.89. The zero-order valence-electron chi connectivity index (χ0n) is 18.4. The van der Waals surface area contributed by atoms with Crippen molar-refractivity contribution in [2.24, 2.45) is 5.92 Å². The summed E-state index contributed by atoms with van der Waals surface area (Å²) in [5, 5.41) is 6.54. The van der Waals surface area contributed by atoms with Crippen LogP contribution in [0.3, 0.4) is 0 Å². The van der Waals surface area contributed by atoms with Gasteiger partial charge in [0.1, 0.15) is 13.2 Å². The highest BCUT2D eigenvalue weighted by atomic mass is 32.2. The van der Waals surface area contributed by atoms with Crippen molar-refractivity contribution in [3.8, 4) is 11.5 Å². The minimum absolute atomic E-state index is 0.0853. The van der Waals surface area contributed by atoms with E-state index in [1.165, 1.54) is 4.31 Å². The molecule has 1 aromatic rings. The Hall–Kier alpha value is -1.88. The van der Waals surface area contributed by atoms with Crippen molar-refractivity contribution in [2.45, 2.75) is 31.7 Å². The van der Waals surface area contributed by atoms with Gasteiger partial charge in [0.15, 0.2) is 11.5 Å². The molecule has 1 amide bonds. The number of sulfonamides is 1. The number of hydrogen-bond donors (Lipinski definition) is 2. The second-order valence-electron chi connectivity index (χ2n) is 8.47. The topological polar surface area (TPSA) is 106 Å². The van der Waals surface area contributed by atoms with Crippen molar-refractivity contribution >= 4 is 15.9 Å². The Morgan fingerprint density at radius 1 is 1.12 bits per heavy atom. The molecular formula is C22H33N3O6S. The van der Waals surface area contributed by atoms with E-state index in [1.54, 1.807) is 18.2 Å². The molecule has 4 rings (SSSR count). The van der Waals surface area contributed by atoms with E-state index < -0.39 is 10.0 Å². The third-order valence-corrected chi connectivity index (χ3v) is 8.32. The average Bonchev–Trinajstić information content (AvgIpc) is 2.84. The van der Waals surface area contributed by atoms with Crippen molar-refractivity contribution in [1.29, 1.82) is 0 Å². The lowest BCUT2D eigenvalue weighted by atomic mass is 9.87.